The van der Waals surface area contributed by atoms with Gasteiger partial charge in [-0.25, -0.2) is 0 Å². The lowest BCUT2D eigenvalue weighted by atomic mass is 10.2. The molecule has 2 aromatic rings. The van der Waals surface area contributed by atoms with Crippen molar-refractivity contribution in [2.24, 2.45) is 7.05 Å². The highest BCUT2D eigenvalue weighted by Crippen LogP contribution is 2.32. The molecule has 3 N–H and O–H groups in total. The minimum atomic E-state index is -0.256. The Balaban J connectivity index is 1.67. The summed E-state index contributed by atoms with van der Waals surface area (Å²) < 4.78 is 12.0. The van der Waals surface area contributed by atoms with Crippen molar-refractivity contribution in [2.75, 3.05) is 12.5 Å². The summed E-state index contributed by atoms with van der Waals surface area (Å²) in [4.78, 5) is 12.0. The van der Waals surface area contributed by atoms with Crippen molar-refractivity contribution < 1.29 is 14.3 Å². The van der Waals surface area contributed by atoms with Crippen molar-refractivity contribution in [1.82, 2.24) is 15.1 Å². The van der Waals surface area contributed by atoms with Crippen LogP contribution in [0.1, 0.15) is 15.9 Å². The number of carbonyl (C=O) groups is 1. The Morgan fingerprint density at radius 2 is 2.25 bits per heavy atom. The molecule has 1 aliphatic heterocycles. The molecule has 7 nitrogen and oxygen atoms in total. The number of carbonyl (C=O) groups excluding carboxylic acids is 1. The molecule has 0 atom stereocenters. The lowest BCUT2D eigenvalue weighted by molar-refractivity contribution is 0.0951. The highest BCUT2D eigenvalue weighted by atomic mass is 16.7. The monoisotopic (exact) mass is 274 g/mol. The fourth-order valence-electron chi connectivity index (χ4n) is 1.95. The van der Waals surface area contributed by atoms with E-state index in [0.717, 1.165) is 11.3 Å². The number of ether oxygens (including phenoxy) is 2. The van der Waals surface area contributed by atoms with Crippen LogP contribution in [-0.4, -0.2) is 22.5 Å². The van der Waals surface area contributed by atoms with Gasteiger partial charge in [0.2, 0.25) is 6.79 Å². The van der Waals surface area contributed by atoms with E-state index in [9.17, 15) is 4.79 Å². The van der Waals surface area contributed by atoms with Gasteiger partial charge in [0.1, 0.15) is 11.4 Å². The Hall–Kier alpha value is -2.70. The van der Waals surface area contributed by atoms with Crippen molar-refractivity contribution >= 4 is 11.7 Å². The fraction of sp³-hybridized carbons (Fsp3) is 0.231. The summed E-state index contributed by atoms with van der Waals surface area (Å²) in [6.45, 7) is 0.612. The van der Waals surface area contributed by atoms with Crippen molar-refractivity contribution in [3.63, 3.8) is 0 Å². The van der Waals surface area contributed by atoms with E-state index in [1.807, 2.05) is 18.2 Å². The van der Waals surface area contributed by atoms with Gasteiger partial charge < -0.3 is 20.5 Å². The SMILES string of the molecule is Cn1ncc(C(=O)NCc2ccc3c(c2)OCO3)c1N. The van der Waals surface area contributed by atoms with Gasteiger partial charge in [-0.3, -0.25) is 9.48 Å². The number of aromatic nitrogens is 2. The first kappa shape index (κ1) is 12.3. The lowest BCUT2D eigenvalue weighted by Crippen LogP contribution is -2.23. The van der Waals surface area contributed by atoms with Gasteiger partial charge in [0.15, 0.2) is 11.5 Å². The van der Waals surface area contributed by atoms with Gasteiger partial charge in [-0.15, -0.1) is 0 Å². The van der Waals surface area contributed by atoms with Crippen LogP contribution in [0.3, 0.4) is 0 Å². The molecule has 1 aromatic carbocycles. The maximum atomic E-state index is 12.0. The van der Waals surface area contributed by atoms with Crippen LogP contribution in [0.2, 0.25) is 0 Å². The number of nitrogen functional groups attached to an aromatic ring is 1. The first-order valence-electron chi connectivity index (χ1n) is 6.09. The Bertz CT molecular complexity index is 666. The van der Waals surface area contributed by atoms with Crippen LogP contribution in [0.4, 0.5) is 5.82 Å². The summed E-state index contributed by atoms with van der Waals surface area (Å²) in [6, 6.07) is 5.54. The summed E-state index contributed by atoms with van der Waals surface area (Å²) in [5, 5.41) is 6.73. The van der Waals surface area contributed by atoms with Crippen LogP contribution in [0, 0.1) is 0 Å². The number of anilines is 1. The van der Waals surface area contributed by atoms with Crippen molar-refractivity contribution in [3.05, 3.63) is 35.5 Å². The molecule has 1 aliphatic rings. The van der Waals surface area contributed by atoms with E-state index in [-0.39, 0.29) is 12.7 Å². The zero-order chi connectivity index (χ0) is 14.1. The maximum Gasteiger partial charge on any atom is 0.256 e. The molecule has 2 heterocycles. The number of fused-ring (bicyclic) bond motifs is 1. The second kappa shape index (κ2) is 4.76. The molecule has 0 bridgehead atoms. The first-order valence-corrected chi connectivity index (χ1v) is 6.09. The van der Waals surface area contributed by atoms with E-state index in [0.29, 0.717) is 23.7 Å². The smallest absolute Gasteiger partial charge is 0.256 e. The predicted molar refractivity (Wildman–Crippen MR) is 71.4 cm³/mol. The van der Waals surface area contributed by atoms with Crippen LogP contribution in [0.25, 0.3) is 0 Å². The Labute approximate surface area is 115 Å². The second-order valence-electron chi connectivity index (χ2n) is 4.44. The molecular weight excluding hydrogens is 260 g/mol. The van der Waals surface area contributed by atoms with Crippen LogP contribution in [0.15, 0.2) is 24.4 Å². The molecule has 1 amide bonds. The average Bonchev–Trinajstić information content (AvgIpc) is 3.03. The number of hydrogen-bond acceptors (Lipinski definition) is 5. The molecule has 0 unspecified atom stereocenters. The van der Waals surface area contributed by atoms with Crippen molar-refractivity contribution in [1.29, 1.82) is 0 Å². The van der Waals surface area contributed by atoms with Gasteiger partial charge in [0, 0.05) is 13.6 Å². The quantitative estimate of drug-likeness (QED) is 0.858. The van der Waals surface area contributed by atoms with Gasteiger partial charge in [-0.05, 0) is 17.7 Å². The molecule has 0 saturated heterocycles. The Morgan fingerprint density at radius 1 is 1.45 bits per heavy atom. The summed E-state index contributed by atoms with van der Waals surface area (Å²) in [5.74, 6) is 1.50. The Kier molecular flexibility index (Phi) is 2.94. The van der Waals surface area contributed by atoms with E-state index < -0.39 is 0 Å². The molecule has 0 aliphatic carbocycles. The van der Waals surface area contributed by atoms with E-state index in [1.165, 1.54) is 10.9 Å². The molecule has 104 valence electrons. The number of amides is 1. The minimum absolute atomic E-state index is 0.233. The average molecular weight is 274 g/mol. The van der Waals surface area contributed by atoms with Crippen LogP contribution in [0.5, 0.6) is 11.5 Å². The molecule has 0 spiro atoms. The third-order valence-corrected chi connectivity index (χ3v) is 3.12. The number of nitrogens with zero attached hydrogens (tertiary/aromatic N) is 2. The zero-order valence-electron chi connectivity index (χ0n) is 10.9. The minimum Gasteiger partial charge on any atom is -0.454 e. The van der Waals surface area contributed by atoms with Gasteiger partial charge in [0.05, 0.1) is 6.20 Å². The van der Waals surface area contributed by atoms with Crippen LogP contribution >= 0.6 is 0 Å². The number of hydrogen-bond donors (Lipinski definition) is 2. The lowest BCUT2D eigenvalue weighted by Gasteiger charge is -2.06. The molecule has 0 radical (unpaired) electrons. The molecule has 0 saturated carbocycles. The van der Waals surface area contributed by atoms with E-state index >= 15 is 0 Å². The van der Waals surface area contributed by atoms with Crippen LogP contribution < -0.4 is 20.5 Å². The molecule has 1 aromatic heterocycles. The molecule has 20 heavy (non-hydrogen) atoms. The molecule has 0 fully saturated rings. The van der Waals surface area contributed by atoms with E-state index in [2.05, 4.69) is 10.4 Å². The van der Waals surface area contributed by atoms with Crippen molar-refractivity contribution in [3.8, 4) is 11.5 Å². The van der Waals surface area contributed by atoms with E-state index in [1.54, 1.807) is 7.05 Å². The van der Waals surface area contributed by atoms with Gasteiger partial charge in [-0.2, -0.15) is 5.10 Å². The van der Waals surface area contributed by atoms with Crippen LogP contribution in [-0.2, 0) is 13.6 Å². The number of nitrogens with two attached hydrogens (primary N) is 1. The molecule has 3 rings (SSSR count). The standard InChI is InChI=1S/C13H14N4O3/c1-17-12(14)9(6-16-17)13(18)15-5-8-2-3-10-11(4-8)20-7-19-10/h2-4,6H,5,7,14H2,1H3,(H,15,18). The molecule has 7 heteroatoms. The maximum absolute atomic E-state index is 12.0. The summed E-state index contributed by atoms with van der Waals surface area (Å²) >= 11 is 0. The number of rotatable bonds is 3. The third kappa shape index (κ3) is 2.13. The largest absolute Gasteiger partial charge is 0.454 e. The van der Waals surface area contributed by atoms with Gasteiger partial charge in [0.25, 0.3) is 5.91 Å². The second-order valence-corrected chi connectivity index (χ2v) is 4.44. The molecular formula is C13H14N4O3. The normalized spacial score (nSPS) is 12.4. The summed E-state index contributed by atoms with van der Waals surface area (Å²) in [5.41, 5.74) is 7.04. The highest BCUT2D eigenvalue weighted by molar-refractivity contribution is 5.98. The Morgan fingerprint density at radius 3 is 3.00 bits per heavy atom. The topological polar surface area (TPSA) is 91.4 Å². The summed E-state index contributed by atoms with van der Waals surface area (Å²) in [7, 11) is 1.68. The predicted octanol–water partition coefficient (Wildman–Crippen LogP) is 0.661. The van der Waals surface area contributed by atoms with Gasteiger partial charge >= 0.3 is 0 Å². The number of nitrogens with one attached hydrogen (secondary N) is 1. The first-order chi connectivity index (χ1) is 9.65. The third-order valence-electron chi connectivity index (χ3n) is 3.12. The fourth-order valence-corrected chi connectivity index (χ4v) is 1.95. The number of aryl methyl sites for hydroxylation is 1. The van der Waals surface area contributed by atoms with Gasteiger partial charge in [-0.1, -0.05) is 6.07 Å². The highest BCUT2D eigenvalue weighted by Gasteiger charge is 2.15. The zero-order valence-corrected chi connectivity index (χ0v) is 10.9. The summed E-state index contributed by atoms with van der Waals surface area (Å²) in [6.07, 6.45) is 1.45. The van der Waals surface area contributed by atoms with E-state index in [4.69, 9.17) is 15.2 Å². The number of benzene rings is 1. The van der Waals surface area contributed by atoms with Crippen molar-refractivity contribution in [2.45, 2.75) is 6.54 Å².